The van der Waals surface area contributed by atoms with Gasteiger partial charge in [0, 0.05) is 45.8 Å². The van der Waals surface area contributed by atoms with Crippen molar-refractivity contribution in [3.05, 3.63) is 5.82 Å². The summed E-state index contributed by atoms with van der Waals surface area (Å²) in [5.74, 6) is -9.23. The van der Waals surface area contributed by atoms with Crippen LogP contribution in [0, 0.1) is 0 Å². The number of hydrogen-bond donors (Lipinski definition) is 17. The first-order valence-corrected chi connectivity index (χ1v) is 31.7. The second kappa shape index (κ2) is 53.9. The standard InChI is InChI=1S/C57H103N17O19/c1-61-52(84)42(34-75)69-54(86)40(20-22-45(59)78)67-53(85)39(17-15-16-24-58)66-57(89)44(36-77)70-55(87)41(21-23-46(60)79)68-56(88)43(35-76)65-49(81)33-64-51(83)38-93-32-30-91-28-26-63-50(82)37-92-31-29-90-27-25-62-48(80)19-14-12-10-8-6-4-2-3-5-7-9-11-13-18-47-71-73-74-72-47/h39-44,75-77H,2-38,58H2,1H3,(H2,59,78)(H2,60,79)(H,61,84)(H,62,80)(H,63,82)(H,64,83)(H,65,81)(H,66,89)(H,67,85)(H,68,88)(H,69,86)(H,70,87)(H,71,72,73,74)/t39-,40+,41+,42+,43-,44+/m1/s1. The van der Waals surface area contributed by atoms with Crippen molar-refractivity contribution in [2.45, 2.75) is 178 Å². The predicted octanol–water partition coefficient (Wildman–Crippen LogP) is -6.09. The van der Waals surface area contributed by atoms with Gasteiger partial charge in [-0.1, -0.05) is 70.6 Å². The van der Waals surface area contributed by atoms with Crippen molar-refractivity contribution in [1.82, 2.24) is 73.8 Å². The molecule has 93 heavy (non-hydrogen) atoms. The minimum Gasteiger partial charge on any atom is -0.394 e. The molecule has 0 fully saturated rings. The SMILES string of the molecule is CNC(=O)[C@H](CO)NC(=O)[C@H](CCC(N)=O)NC(=O)[C@@H](CCCCN)NC(=O)[C@H](CO)NC(=O)[C@H](CCC(N)=O)NC(=O)[C@@H](CO)NC(=O)CNC(=O)COCCOCCNC(=O)COCCOCCNC(=O)CCCCCCCCCCCCCCCc1nnn[nH]1. The van der Waals surface area contributed by atoms with Crippen LogP contribution in [-0.2, 0) is 82.9 Å². The van der Waals surface area contributed by atoms with Crippen molar-refractivity contribution in [2.24, 2.45) is 17.2 Å². The number of aryl methyl sites for hydroxylation is 1. The summed E-state index contributed by atoms with van der Waals surface area (Å²) in [4.78, 5) is 152. The number of primary amides is 2. The van der Waals surface area contributed by atoms with Gasteiger partial charge in [-0.15, -0.1) is 5.10 Å². The average Bonchev–Trinajstić information content (AvgIpc) is 1.97. The summed E-state index contributed by atoms with van der Waals surface area (Å²) in [7, 11) is 1.25. The highest BCUT2D eigenvalue weighted by atomic mass is 16.5. The van der Waals surface area contributed by atoms with E-state index in [9.17, 15) is 72.9 Å². The zero-order valence-corrected chi connectivity index (χ0v) is 53.6. The van der Waals surface area contributed by atoms with Crippen LogP contribution in [0.15, 0.2) is 0 Å². The zero-order chi connectivity index (χ0) is 68.9. The van der Waals surface area contributed by atoms with E-state index in [1.807, 2.05) is 0 Å². The van der Waals surface area contributed by atoms with Gasteiger partial charge < -0.3 is 105 Å². The fourth-order valence-corrected chi connectivity index (χ4v) is 8.71. The lowest BCUT2D eigenvalue weighted by atomic mass is 10.0. The highest BCUT2D eigenvalue weighted by Crippen LogP contribution is 2.14. The first-order valence-electron chi connectivity index (χ1n) is 31.7. The number of nitrogens with zero attached hydrogens (tertiary/aromatic N) is 3. The van der Waals surface area contributed by atoms with E-state index in [0.29, 0.717) is 26.0 Å². The number of H-pyrrole nitrogens is 1. The molecule has 0 aliphatic heterocycles. The van der Waals surface area contributed by atoms with Gasteiger partial charge in [0.25, 0.3) is 0 Å². The number of aromatic amines is 1. The van der Waals surface area contributed by atoms with E-state index in [-0.39, 0.29) is 83.8 Å². The van der Waals surface area contributed by atoms with Gasteiger partial charge in [-0.25, -0.2) is 5.10 Å². The highest BCUT2D eigenvalue weighted by Gasteiger charge is 2.33. The van der Waals surface area contributed by atoms with Gasteiger partial charge in [0.1, 0.15) is 55.3 Å². The minimum atomic E-state index is -1.82. The summed E-state index contributed by atoms with van der Waals surface area (Å²) in [6.45, 7) is -2.76. The lowest BCUT2D eigenvalue weighted by Gasteiger charge is -2.27. The second-order valence-corrected chi connectivity index (χ2v) is 21.6. The Kier molecular flexibility index (Phi) is 48.3. The Morgan fingerprint density at radius 2 is 0.828 bits per heavy atom. The number of tetrazole rings is 1. The summed E-state index contributed by atoms with van der Waals surface area (Å²) in [6, 6.07) is -9.67. The van der Waals surface area contributed by atoms with Gasteiger partial charge in [-0.05, 0) is 61.9 Å². The smallest absolute Gasteiger partial charge is 0.246 e. The average molecular weight is 1330 g/mol. The van der Waals surface area contributed by atoms with Gasteiger partial charge in [0.05, 0.1) is 66.0 Å². The van der Waals surface area contributed by atoms with E-state index in [1.165, 1.54) is 64.8 Å². The van der Waals surface area contributed by atoms with E-state index in [2.05, 4.69) is 73.8 Å². The quantitative estimate of drug-likeness (QED) is 0.0270. The van der Waals surface area contributed by atoms with Gasteiger partial charge in [-0.3, -0.25) is 57.5 Å². The van der Waals surface area contributed by atoms with Crippen LogP contribution in [0.5, 0.6) is 0 Å². The van der Waals surface area contributed by atoms with Gasteiger partial charge in [0.15, 0.2) is 0 Å². The molecule has 1 aromatic heterocycles. The topological polar surface area (TPSA) is 555 Å². The molecule has 0 saturated heterocycles. The number of nitrogens with one attached hydrogen (secondary N) is 11. The minimum absolute atomic E-state index is 0.00328. The first-order chi connectivity index (χ1) is 44.8. The maximum Gasteiger partial charge on any atom is 0.246 e. The van der Waals surface area contributed by atoms with E-state index < -0.39 is 148 Å². The Bertz CT molecular complexity index is 2340. The van der Waals surface area contributed by atoms with Crippen LogP contribution in [0.3, 0.4) is 0 Å². The molecule has 36 nitrogen and oxygen atoms in total. The summed E-state index contributed by atoms with van der Waals surface area (Å²) < 4.78 is 21.4. The number of likely N-dealkylation sites (N-methyl/N-ethyl adjacent to an activating group) is 1. The Morgan fingerprint density at radius 3 is 1.27 bits per heavy atom. The molecule has 20 N–H and O–H groups in total. The monoisotopic (exact) mass is 1330 g/mol. The van der Waals surface area contributed by atoms with Crippen molar-refractivity contribution >= 4 is 70.9 Å². The van der Waals surface area contributed by atoms with Gasteiger partial charge in [0.2, 0.25) is 70.9 Å². The van der Waals surface area contributed by atoms with Crippen LogP contribution < -0.4 is 70.4 Å². The van der Waals surface area contributed by atoms with Crippen LogP contribution >= 0.6 is 0 Å². The zero-order valence-electron chi connectivity index (χ0n) is 53.6. The molecular formula is C57H103N17O19. The number of amides is 12. The molecule has 0 unspecified atom stereocenters. The number of aliphatic hydroxyl groups excluding tert-OH is 3. The molecule has 530 valence electrons. The largest absolute Gasteiger partial charge is 0.394 e. The van der Waals surface area contributed by atoms with E-state index in [0.717, 1.165) is 37.9 Å². The lowest BCUT2D eigenvalue weighted by molar-refractivity contribution is -0.136. The Balaban J connectivity index is 2.36. The molecule has 6 atom stereocenters. The van der Waals surface area contributed by atoms with E-state index in [1.54, 1.807) is 0 Å². The molecule has 0 aliphatic rings. The summed E-state index contributed by atoms with van der Waals surface area (Å²) in [6.07, 6.45) is 15.5. The number of hydrogen-bond acceptors (Lipinski definition) is 23. The predicted molar refractivity (Wildman–Crippen MR) is 331 cm³/mol. The number of unbranched alkanes of at least 4 members (excludes halogenated alkanes) is 13. The molecule has 0 saturated carbocycles. The van der Waals surface area contributed by atoms with E-state index >= 15 is 0 Å². The summed E-state index contributed by atoms with van der Waals surface area (Å²) >= 11 is 0. The molecule has 0 radical (unpaired) electrons. The van der Waals surface area contributed by atoms with E-state index in [4.69, 9.17) is 36.1 Å². The number of nitrogens with two attached hydrogens (primary N) is 3. The molecule has 0 aliphatic carbocycles. The Hall–Kier alpha value is -7.61. The third kappa shape index (κ3) is 43.0. The highest BCUT2D eigenvalue weighted by molar-refractivity contribution is 5.97. The van der Waals surface area contributed by atoms with Gasteiger partial charge in [-0.2, -0.15) is 0 Å². The number of aliphatic hydroxyl groups is 3. The third-order valence-corrected chi connectivity index (χ3v) is 13.9. The fraction of sp³-hybridized carbons (Fsp3) is 0.772. The van der Waals surface area contributed by atoms with Crippen LogP contribution in [0.2, 0.25) is 0 Å². The number of ether oxygens (including phenoxy) is 4. The fourth-order valence-electron chi connectivity index (χ4n) is 8.71. The third-order valence-electron chi connectivity index (χ3n) is 13.9. The van der Waals surface area contributed by atoms with Crippen molar-refractivity contribution < 1.29 is 91.8 Å². The van der Waals surface area contributed by atoms with Crippen LogP contribution in [-0.4, -0.2) is 249 Å². The summed E-state index contributed by atoms with van der Waals surface area (Å²) in [5.41, 5.74) is 16.1. The Morgan fingerprint density at radius 1 is 0.430 bits per heavy atom. The van der Waals surface area contributed by atoms with Crippen molar-refractivity contribution in [2.75, 3.05) is 106 Å². The van der Waals surface area contributed by atoms with Crippen molar-refractivity contribution in [3.8, 4) is 0 Å². The number of carbonyl (C=O) groups excluding carboxylic acids is 12. The molecule has 1 aromatic rings. The number of rotatable bonds is 59. The molecular weight excluding hydrogens is 1230 g/mol. The van der Waals surface area contributed by atoms with Crippen LogP contribution in [0.25, 0.3) is 0 Å². The maximum atomic E-state index is 13.6. The van der Waals surface area contributed by atoms with Crippen LogP contribution in [0.1, 0.15) is 141 Å². The second-order valence-electron chi connectivity index (χ2n) is 21.6. The molecule has 0 spiro atoms. The molecule has 12 amide bonds. The van der Waals surface area contributed by atoms with Gasteiger partial charge >= 0.3 is 0 Å². The molecule has 36 heteroatoms. The van der Waals surface area contributed by atoms with Crippen molar-refractivity contribution in [3.63, 3.8) is 0 Å². The molecule has 0 bridgehead atoms. The van der Waals surface area contributed by atoms with Crippen LogP contribution in [0.4, 0.5) is 0 Å². The Labute approximate surface area is 541 Å². The number of carbonyl (C=O) groups is 12. The summed E-state index contributed by atoms with van der Waals surface area (Å²) in [5, 5.41) is 67.2. The molecule has 0 aromatic carbocycles. The lowest BCUT2D eigenvalue weighted by Crippen LogP contribution is -2.60. The molecule has 1 rings (SSSR count). The number of aromatic nitrogens is 4. The maximum absolute atomic E-state index is 13.6. The normalized spacial score (nSPS) is 13.0. The first kappa shape index (κ1) is 83.4. The molecule has 1 heterocycles. The van der Waals surface area contributed by atoms with Crippen molar-refractivity contribution in [1.29, 1.82) is 0 Å².